The molecular weight excluding hydrogens is 516 g/mol. The first-order valence-electron chi connectivity index (χ1n) is 12.4. The molecule has 0 unspecified atom stereocenters. The maximum absolute atomic E-state index is 13.0. The van der Waals surface area contributed by atoms with Crippen molar-refractivity contribution in [3.8, 4) is 22.5 Å². The molecule has 0 aliphatic heterocycles. The van der Waals surface area contributed by atoms with E-state index in [9.17, 15) is 9.59 Å². The van der Waals surface area contributed by atoms with Gasteiger partial charge in [0.2, 0.25) is 5.91 Å². The van der Waals surface area contributed by atoms with Crippen LogP contribution in [0, 0.1) is 6.92 Å². The van der Waals surface area contributed by atoms with Gasteiger partial charge in [0.25, 0.3) is 0 Å². The van der Waals surface area contributed by atoms with Crippen LogP contribution >= 0.6 is 23.1 Å². The average molecular weight is 549 g/mol. The minimum absolute atomic E-state index is 0.0715. The lowest BCUT2D eigenvalue weighted by molar-refractivity contribution is -0.113. The van der Waals surface area contributed by atoms with Crippen LogP contribution in [0.2, 0.25) is 0 Å². The topological polar surface area (TPSA) is 86.1 Å². The third kappa shape index (κ3) is 5.84. The number of aromatic nitrogens is 3. The van der Waals surface area contributed by atoms with Crippen molar-refractivity contribution in [1.29, 1.82) is 0 Å². The van der Waals surface area contributed by atoms with Crippen molar-refractivity contribution >= 4 is 40.0 Å². The van der Waals surface area contributed by atoms with Crippen LogP contribution in [0.1, 0.15) is 48.5 Å². The fourth-order valence-electron chi connectivity index (χ4n) is 4.19. The second-order valence-corrected chi connectivity index (χ2v) is 12.0. The number of carbonyl (C=O) groups is 2. The van der Waals surface area contributed by atoms with Crippen LogP contribution in [-0.4, -0.2) is 39.5 Å². The number of rotatable bonds is 8. The highest BCUT2D eigenvalue weighted by molar-refractivity contribution is 7.99. The van der Waals surface area contributed by atoms with Gasteiger partial charge in [-0.3, -0.25) is 4.79 Å². The molecule has 0 aliphatic carbocycles. The highest BCUT2D eigenvalue weighted by atomic mass is 32.2. The summed E-state index contributed by atoms with van der Waals surface area (Å²) >= 11 is 2.68. The molecule has 7 nitrogen and oxygen atoms in total. The third-order valence-corrected chi connectivity index (χ3v) is 8.15. The Morgan fingerprint density at radius 3 is 2.32 bits per heavy atom. The van der Waals surface area contributed by atoms with E-state index in [2.05, 4.69) is 60.6 Å². The molecule has 38 heavy (non-hydrogen) atoms. The molecule has 0 radical (unpaired) electrons. The molecule has 0 fully saturated rings. The van der Waals surface area contributed by atoms with Crippen molar-refractivity contribution in [2.75, 3.05) is 18.2 Å². The van der Waals surface area contributed by atoms with Gasteiger partial charge in [-0.25, -0.2) is 4.79 Å². The standard InChI is InChI=1S/C29H32N4O3S2/c1-7-33-25(20-13-15-21(16-14-20)29(3,4)5)31-32-28(33)37-17-22(34)30-26-24(27(35)36-6)23(18(2)38-26)19-11-9-8-10-12-19/h8-16H,7,17H2,1-6H3,(H,30,34). The van der Waals surface area contributed by atoms with E-state index in [-0.39, 0.29) is 17.1 Å². The van der Waals surface area contributed by atoms with Crippen molar-refractivity contribution in [3.63, 3.8) is 0 Å². The number of nitrogens with zero attached hydrogens (tertiary/aromatic N) is 3. The van der Waals surface area contributed by atoms with Gasteiger partial charge in [-0.15, -0.1) is 21.5 Å². The first-order valence-corrected chi connectivity index (χ1v) is 14.2. The molecule has 1 N–H and O–H groups in total. The monoisotopic (exact) mass is 548 g/mol. The summed E-state index contributed by atoms with van der Waals surface area (Å²) in [6.07, 6.45) is 0. The first-order chi connectivity index (χ1) is 18.1. The van der Waals surface area contributed by atoms with Crippen molar-refractivity contribution < 1.29 is 14.3 Å². The SMILES string of the molecule is CCn1c(SCC(=O)Nc2sc(C)c(-c3ccccc3)c2C(=O)OC)nnc1-c1ccc(C(C)(C)C)cc1. The van der Waals surface area contributed by atoms with E-state index in [4.69, 9.17) is 4.74 Å². The van der Waals surface area contributed by atoms with Gasteiger partial charge in [0.05, 0.1) is 12.9 Å². The van der Waals surface area contributed by atoms with Gasteiger partial charge in [0.15, 0.2) is 11.0 Å². The summed E-state index contributed by atoms with van der Waals surface area (Å²) in [6.45, 7) is 11.2. The summed E-state index contributed by atoms with van der Waals surface area (Å²) in [4.78, 5) is 26.6. The van der Waals surface area contributed by atoms with Crippen LogP contribution in [0.4, 0.5) is 5.00 Å². The molecule has 0 saturated carbocycles. The zero-order valence-electron chi connectivity index (χ0n) is 22.5. The normalized spacial score (nSPS) is 11.4. The van der Waals surface area contributed by atoms with Crippen LogP contribution in [0.15, 0.2) is 59.8 Å². The van der Waals surface area contributed by atoms with E-state index < -0.39 is 5.97 Å². The minimum atomic E-state index is -0.482. The molecule has 198 valence electrons. The molecule has 9 heteroatoms. The number of benzene rings is 2. The Hall–Kier alpha value is -3.43. The number of ether oxygens (including phenoxy) is 1. The summed E-state index contributed by atoms with van der Waals surface area (Å²) in [5.74, 6) is 0.177. The third-order valence-electron chi connectivity index (χ3n) is 6.16. The predicted octanol–water partition coefficient (Wildman–Crippen LogP) is 6.82. The summed E-state index contributed by atoms with van der Waals surface area (Å²) in [5, 5.41) is 12.8. The number of hydrogen-bond acceptors (Lipinski definition) is 7. The molecule has 1 amide bonds. The predicted molar refractivity (Wildman–Crippen MR) is 155 cm³/mol. The van der Waals surface area contributed by atoms with Gasteiger partial charge in [0.1, 0.15) is 10.6 Å². The van der Waals surface area contributed by atoms with Crippen molar-refractivity contribution in [2.24, 2.45) is 0 Å². The number of amides is 1. The lowest BCUT2D eigenvalue weighted by atomic mass is 9.87. The Balaban J connectivity index is 1.51. The fourth-order valence-corrected chi connectivity index (χ4v) is 6.07. The number of nitrogens with one attached hydrogen (secondary N) is 1. The Kier molecular flexibility index (Phi) is 8.38. The minimum Gasteiger partial charge on any atom is -0.465 e. The summed E-state index contributed by atoms with van der Waals surface area (Å²) in [7, 11) is 1.34. The van der Waals surface area contributed by atoms with Crippen LogP contribution in [0.5, 0.6) is 0 Å². The highest BCUT2D eigenvalue weighted by Crippen LogP contribution is 2.40. The average Bonchev–Trinajstić information content (AvgIpc) is 3.47. The van der Waals surface area contributed by atoms with Crippen molar-refractivity contribution in [2.45, 2.75) is 51.7 Å². The first kappa shape index (κ1) is 27.6. The zero-order valence-corrected chi connectivity index (χ0v) is 24.1. The molecule has 0 bridgehead atoms. The van der Waals surface area contributed by atoms with Crippen LogP contribution < -0.4 is 5.32 Å². The number of aryl methyl sites for hydroxylation is 1. The van der Waals surface area contributed by atoms with E-state index >= 15 is 0 Å². The van der Waals surface area contributed by atoms with Crippen LogP contribution in [0.25, 0.3) is 22.5 Å². The second-order valence-electron chi connectivity index (χ2n) is 9.81. The van der Waals surface area contributed by atoms with E-state index in [1.807, 2.05) is 48.7 Å². The molecule has 0 spiro atoms. The van der Waals surface area contributed by atoms with Gasteiger partial charge >= 0.3 is 5.97 Å². The molecule has 0 saturated heterocycles. The summed E-state index contributed by atoms with van der Waals surface area (Å²) in [6, 6.07) is 18.0. The lowest BCUT2D eigenvalue weighted by Crippen LogP contribution is -2.16. The Morgan fingerprint density at radius 2 is 1.71 bits per heavy atom. The van der Waals surface area contributed by atoms with Gasteiger partial charge in [-0.1, -0.05) is 87.1 Å². The van der Waals surface area contributed by atoms with Gasteiger partial charge < -0.3 is 14.6 Å². The largest absolute Gasteiger partial charge is 0.465 e. The molecule has 0 aliphatic rings. The molecule has 2 heterocycles. The van der Waals surface area contributed by atoms with E-state index in [0.717, 1.165) is 27.4 Å². The van der Waals surface area contributed by atoms with Gasteiger partial charge in [0, 0.05) is 22.5 Å². The molecule has 2 aromatic heterocycles. The van der Waals surface area contributed by atoms with Crippen LogP contribution in [-0.2, 0) is 21.5 Å². The van der Waals surface area contributed by atoms with Gasteiger partial charge in [-0.2, -0.15) is 0 Å². The quantitative estimate of drug-likeness (QED) is 0.192. The number of hydrogen-bond donors (Lipinski definition) is 1. The Labute approximate surface area is 231 Å². The highest BCUT2D eigenvalue weighted by Gasteiger charge is 2.25. The van der Waals surface area contributed by atoms with Crippen LogP contribution in [0.3, 0.4) is 0 Å². The molecule has 4 aromatic rings. The number of carbonyl (C=O) groups excluding carboxylic acids is 2. The summed E-state index contributed by atoms with van der Waals surface area (Å²) in [5.41, 5.74) is 4.35. The van der Waals surface area contributed by atoms with E-state index in [1.54, 1.807) is 0 Å². The molecule has 0 atom stereocenters. The summed E-state index contributed by atoms with van der Waals surface area (Å²) < 4.78 is 7.06. The van der Waals surface area contributed by atoms with Gasteiger partial charge in [-0.05, 0) is 30.4 Å². The van der Waals surface area contributed by atoms with Crippen molar-refractivity contribution in [3.05, 3.63) is 70.6 Å². The second kappa shape index (κ2) is 11.5. The zero-order chi connectivity index (χ0) is 27.4. The van der Waals surface area contributed by atoms with E-state index in [1.165, 1.54) is 35.8 Å². The number of methoxy groups -OCH3 is 1. The van der Waals surface area contributed by atoms with Crippen molar-refractivity contribution in [1.82, 2.24) is 14.8 Å². The number of anilines is 1. The number of thioether (sulfide) groups is 1. The maximum Gasteiger partial charge on any atom is 0.341 e. The molecule has 4 rings (SSSR count). The Bertz CT molecular complexity index is 1440. The smallest absolute Gasteiger partial charge is 0.341 e. The lowest BCUT2D eigenvalue weighted by Gasteiger charge is -2.19. The van der Waals surface area contributed by atoms with E-state index in [0.29, 0.717) is 22.3 Å². The maximum atomic E-state index is 13.0. The Morgan fingerprint density at radius 1 is 1.03 bits per heavy atom. The number of esters is 1. The molecular formula is C29H32N4O3S2. The number of thiophene rings is 1. The fraction of sp³-hybridized carbons (Fsp3) is 0.310. The molecule has 2 aromatic carbocycles.